The minimum Gasteiger partial charge on any atom is -0.326 e. The summed E-state index contributed by atoms with van der Waals surface area (Å²) in [6.45, 7) is 1.32. The summed E-state index contributed by atoms with van der Waals surface area (Å²) in [6.07, 6.45) is -2.82. The first-order valence-corrected chi connectivity index (χ1v) is 4.10. The molecule has 0 saturated carbocycles. The number of hydrogen-bond donors (Lipinski definition) is 1. The van der Waals surface area contributed by atoms with Crippen LogP contribution in [0.1, 0.15) is 23.4 Å². The number of halogens is 2. The van der Waals surface area contributed by atoms with Gasteiger partial charge in [-0.1, -0.05) is 0 Å². The minimum absolute atomic E-state index is 0.0985. The number of hydrogen-bond acceptors (Lipinski definition) is 4. The molecule has 2 N–H and O–H groups in total. The second-order valence-corrected chi connectivity index (χ2v) is 2.89. The van der Waals surface area contributed by atoms with E-state index in [2.05, 4.69) is 4.98 Å². The van der Waals surface area contributed by atoms with Gasteiger partial charge >= 0.3 is 0 Å². The zero-order chi connectivity index (χ0) is 11.6. The Morgan fingerprint density at radius 2 is 2.27 bits per heavy atom. The van der Waals surface area contributed by atoms with Crippen LogP contribution in [0.25, 0.3) is 0 Å². The second kappa shape index (κ2) is 4.26. The van der Waals surface area contributed by atoms with Gasteiger partial charge in [0.25, 0.3) is 12.1 Å². The van der Waals surface area contributed by atoms with E-state index >= 15 is 0 Å². The van der Waals surface area contributed by atoms with E-state index in [4.69, 9.17) is 5.73 Å². The number of alkyl halides is 2. The molecule has 0 unspecified atom stereocenters. The van der Waals surface area contributed by atoms with Crippen molar-refractivity contribution in [3.63, 3.8) is 0 Å². The van der Waals surface area contributed by atoms with E-state index in [1.54, 1.807) is 0 Å². The fourth-order valence-corrected chi connectivity index (χ4v) is 1.23. The molecule has 0 amide bonds. The van der Waals surface area contributed by atoms with Gasteiger partial charge in [-0.3, -0.25) is 15.1 Å². The third-order valence-corrected chi connectivity index (χ3v) is 1.95. The van der Waals surface area contributed by atoms with E-state index in [-0.39, 0.29) is 17.8 Å². The van der Waals surface area contributed by atoms with Crippen LogP contribution in [-0.2, 0) is 6.54 Å². The molecule has 1 heterocycles. The molecule has 0 spiro atoms. The molecule has 0 saturated heterocycles. The summed E-state index contributed by atoms with van der Waals surface area (Å²) in [6, 6.07) is 0.764. The van der Waals surface area contributed by atoms with Gasteiger partial charge in [0, 0.05) is 18.3 Å². The quantitative estimate of drug-likeness (QED) is 0.617. The summed E-state index contributed by atoms with van der Waals surface area (Å²) in [5.41, 5.74) is 4.63. The van der Waals surface area contributed by atoms with Crippen LogP contribution in [0.15, 0.2) is 6.07 Å². The first kappa shape index (κ1) is 11.4. The molecule has 5 nitrogen and oxygen atoms in total. The standard InChI is InChI=1S/C8H9F2N3O2/c1-4-5(3-11)7(13(14)15)2-6(12-4)8(9)10/h2,8H,3,11H2,1H3. The molecule has 0 radical (unpaired) electrons. The monoisotopic (exact) mass is 217 g/mol. The molecule has 0 fully saturated rings. The molecule has 1 rings (SSSR count). The van der Waals surface area contributed by atoms with Crippen LogP contribution in [0.5, 0.6) is 0 Å². The molecule has 7 heteroatoms. The molecule has 1 aromatic heterocycles. The van der Waals surface area contributed by atoms with Crippen LogP contribution >= 0.6 is 0 Å². The van der Waals surface area contributed by atoms with Crippen molar-refractivity contribution in [1.29, 1.82) is 0 Å². The largest absolute Gasteiger partial charge is 0.326 e. The van der Waals surface area contributed by atoms with E-state index in [1.807, 2.05) is 0 Å². The molecule has 0 atom stereocenters. The predicted octanol–water partition coefficient (Wildman–Crippen LogP) is 1.69. The van der Waals surface area contributed by atoms with Gasteiger partial charge in [-0.25, -0.2) is 8.78 Å². The molecule has 15 heavy (non-hydrogen) atoms. The topological polar surface area (TPSA) is 82.0 Å². The lowest BCUT2D eigenvalue weighted by Crippen LogP contribution is -2.08. The summed E-state index contributed by atoms with van der Waals surface area (Å²) in [5.74, 6) is 0. The van der Waals surface area contributed by atoms with Gasteiger partial charge in [-0.05, 0) is 6.92 Å². The zero-order valence-corrected chi connectivity index (χ0v) is 7.91. The molecule has 0 aliphatic carbocycles. The highest BCUT2D eigenvalue weighted by molar-refractivity contribution is 5.44. The number of aryl methyl sites for hydroxylation is 1. The van der Waals surface area contributed by atoms with Crippen molar-refractivity contribution in [3.05, 3.63) is 33.1 Å². The minimum atomic E-state index is -2.82. The van der Waals surface area contributed by atoms with Gasteiger partial charge in [0.05, 0.1) is 10.5 Å². The Bertz CT molecular complexity index is 396. The summed E-state index contributed by atoms with van der Waals surface area (Å²) in [4.78, 5) is 13.4. The van der Waals surface area contributed by atoms with Crippen molar-refractivity contribution in [2.45, 2.75) is 19.9 Å². The van der Waals surface area contributed by atoms with Crippen molar-refractivity contribution in [2.75, 3.05) is 0 Å². The Kier molecular flexibility index (Phi) is 3.25. The first-order chi connectivity index (χ1) is 6.97. The summed E-state index contributed by atoms with van der Waals surface area (Å²) in [7, 11) is 0. The van der Waals surface area contributed by atoms with E-state index in [9.17, 15) is 18.9 Å². The highest BCUT2D eigenvalue weighted by atomic mass is 19.3. The molecule has 0 aliphatic rings. The summed E-state index contributed by atoms with van der Waals surface area (Å²) < 4.78 is 24.6. The average molecular weight is 217 g/mol. The van der Waals surface area contributed by atoms with Gasteiger partial charge in [-0.2, -0.15) is 0 Å². The Labute approximate surface area is 84.1 Å². The Morgan fingerprint density at radius 3 is 2.67 bits per heavy atom. The number of nitrogens with two attached hydrogens (primary N) is 1. The molecular weight excluding hydrogens is 208 g/mol. The Balaban J connectivity index is 3.38. The highest BCUT2D eigenvalue weighted by Crippen LogP contribution is 2.26. The van der Waals surface area contributed by atoms with Crippen LogP contribution < -0.4 is 5.73 Å². The summed E-state index contributed by atoms with van der Waals surface area (Å²) in [5, 5.41) is 10.6. The maximum Gasteiger partial charge on any atom is 0.280 e. The number of rotatable bonds is 3. The van der Waals surface area contributed by atoms with Gasteiger partial charge < -0.3 is 5.73 Å². The van der Waals surface area contributed by atoms with Gasteiger partial charge in [0.2, 0.25) is 0 Å². The van der Waals surface area contributed by atoms with E-state index in [0.29, 0.717) is 0 Å². The Morgan fingerprint density at radius 1 is 1.67 bits per heavy atom. The van der Waals surface area contributed by atoms with Crippen LogP contribution in [0.4, 0.5) is 14.5 Å². The molecule has 1 aromatic rings. The predicted molar refractivity (Wildman–Crippen MR) is 48.5 cm³/mol. The van der Waals surface area contributed by atoms with Crippen LogP contribution in [-0.4, -0.2) is 9.91 Å². The fraction of sp³-hybridized carbons (Fsp3) is 0.375. The smallest absolute Gasteiger partial charge is 0.280 e. The van der Waals surface area contributed by atoms with Crippen molar-refractivity contribution < 1.29 is 13.7 Å². The van der Waals surface area contributed by atoms with Gasteiger partial charge in [0.15, 0.2) is 0 Å². The SMILES string of the molecule is Cc1nc(C(F)F)cc([N+](=O)[O-])c1CN. The van der Waals surface area contributed by atoms with Crippen molar-refractivity contribution >= 4 is 5.69 Å². The zero-order valence-electron chi connectivity index (χ0n) is 7.91. The first-order valence-electron chi connectivity index (χ1n) is 4.10. The molecule has 0 aromatic carbocycles. The maximum atomic E-state index is 12.3. The van der Waals surface area contributed by atoms with Crippen molar-refractivity contribution in [2.24, 2.45) is 5.73 Å². The fourth-order valence-electron chi connectivity index (χ4n) is 1.23. The summed E-state index contributed by atoms with van der Waals surface area (Å²) >= 11 is 0. The number of nitro groups is 1. The molecule has 82 valence electrons. The number of pyridine rings is 1. The van der Waals surface area contributed by atoms with E-state index in [1.165, 1.54) is 6.92 Å². The molecule has 0 bridgehead atoms. The lowest BCUT2D eigenvalue weighted by Gasteiger charge is -2.06. The second-order valence-electron chi connectivity index (χ2n) is 2.89. The normalized spacial score (nSPS) is 10.7. The molecular formula is C8H9F2N3O2. The van der Waals surface area contributed by atoms with E-state index in [0.717, 1.165) is 6.07 Å². The third kappa shape index (κ3) is 2.24. The molecule has 0 aliphatic heterocycles. The average Bonchev–Trinajstić information content (AvgIpc) is 2.16. The third-order valence-electron chi connectivity index (χ3n) is 1.95. The lowest BCUT2D eigenvalue weighted by molar-refractivity contribution is -0.385. The van der Waals surface area contributed by atoms with Crippen molar-refractivity contribution in [1.82, 2.24) is 4.98 Å². The van der Waals surface area contributed by atoms with Crippen LogP contribution in [0.2, 0.25) is 0 Å². The highest BCUT2D eigenvalue weighted by Gasteiger charge is 2.21. The Hall–Kier alpha value is -1.63. The number of aromatic nitrogens is 1. The number of nitrogens with zero attached hydrogens (tertiary/aromatic N) is 2. The van der Waals surface area contributed by atoms with E-state index < -0.39 is 22.7 Å². The van der Waals surface area contributed by atoms with Gasteiger partial charge in [-0.15, -0.1) is 0 Å². The van der Waals surface area contributed by atoms with Gasteiger partial charge in [0.1, 0.15) is 5.69 Å². The maximum absolute atomic E-state index is 12.3. The van der Waals surface area contributed by atoms with Crippen LogP contribution in [0, 0.1) is 17.0 Å². The lowest BCUT2D eigenvalue weighted by atomic mass is 10.1. The van der Waals surface area contributed by atoms with Crippen molar-refractivity contribution in [3.8, 4) is 0 Å². The van der Waals surface area contributed by atoms with Crippen LogP contribution in [0.3, 0.4) is 0 Å².